The van der Waals surface area contributed by atoms with Gasteiger partial charge in [0.05, 0.1) is 38.1 Å². The van der Waals surface area contributed by atoms with E-state index in [2.05, 4.69) is 10.6 Å². The van der Waals surface area contributed by atoms with Crippen LogP contribution in [0.2, 0.25) is 0 Å². The molecule has 2 amide bonds. The van der Waals surface area contributed by atoms with Crippen LogP contribution >= 0.6 is 0 Å². The first-order chi connectivity index (χ1) is 12.9. The van der Waals surface area contributed by atoms with Crippen LogP contribution in [0.5, 0.6) is 11.5 Å². The Hall–Kier alpha value is -3.23. The van der Waals surface area contributed by atoms with Crippen LogP contribution in [0.15, 0.2) is 29.5 Å². The highest BCUT2D eigenvalue weighted by Crippen LogP contribution is 2.31. The van der Waals surface area contributed by atoms with Gasteiger partial charge in [-0.25, -0.2) is 14.4 Å². The number of carbonyl (C=O) groups excluding carboxylic acids is 3. The summed E-state index contributed by atoms with van der Waals surface area (Å²) in [6.45, 7) is 3.17. The zero-order valence-electron chi connectivity index (χ0n) is 15.6. The molecule has 0 aliphatic carbocycles. The van der Waals surface area contributed by atoms with Gasteiger partial charge in [-0.05, 0) is 26.0 Å². The molecule has 0 bridgehead atoms. The lowest BCUT2D eigenvalue weighted by molar-refractivity contribution is -0.139. The van der Waals surface area contributed by atoms with Crippen LogP contribution in [0.25, 0.3) is 0 Å². The van der Waals surface area contributed by atoms with E-state index in [4.69, 9.17) is 18.9 Å². The Morgan fingerprint density at radius 2 is 1.85 bits per heavy atom. The van der Waals surface area contributed by atoms with Gasteiger partial charge in [0.2, 0.25) is 0 Å². The molecule has 2 N–H and O–H groups in total. The van der Waals surface area contributed by atoms with Crippen LogP contribution in [-0.2, 0) is 14.3 Å². The van der Waals surface area contributed by atoms with E-state index in [0.29, 0.717) is 5.75 Å². The highest BCUT2D eigenvalue weighted by Gasteiger charge is 2.30. The molecule has 146 valence electrons. The predicted octanol–water partition coefficient (Wildman–Crippen LogP) is 1.38. The number of hydrogen-bond donors (Lipinski definition) is 2. The van der Waals surface area contributed by atoms with Crippen LogP contribution in [0.1, 0.15) is 24.2 Å². The van der Waals surface area contributed by atoms with Gasteiger partial charge in [0.15, 0.2) is 11.5 Å². The summed E-state index contributed by atoms with van der Waals surface area (Å²) in [5.74, 6) is -0.682. The topological polar surface area (TPSA) is 112 Å². The monoisotopic (exact) mass is 378 g/mol. The molecule has 27 heavy (non-hydrogen) atoms. The highest BCUT2D eigenvalue weighted by molar-refractivity contribution is 5.96. The fraction of sp³-hybridized carbons (Fsp3) is 0.389. The van der Waals surface area contributed by atoms with Crippen molar-refractivity contribution in [1.82, 2.24) is 10.6 Å². The van der Waals surface area contributed by atoms with Gasteiger partial charge in [-0.2, -0.15) is 0 Å². The summed E-state index contributed by atoms with van der Waals surface area (Å²) in [5, 5.41) is 5.06. The maximum atomic E-state index is 12.5. The number of urea groups is 1. The minimum Gasteiger partial charge on any atom is -0.493 e. The number of nitrogens with one attached hydrogen (secondary N) is 2. The molecule has 0 saturated heterocycles. The lowest BCUT2D eigenvalue weighted by Crippen LogP contribution is -2.50. The summed E-state index contributed by atoms with van der Waals surface area (Å²) in [7, 11) is 2.86. The maximum absolute atomic E-state index is 12.5. The Morgan fingerprint density at radius 1 is 1.11 bits per heavy atom. The number of rotatable bonds is 7. The van der Waals surface area contributed by atoms with Crippen molar-refractivity contribution in [2.24, 2.45) is 0 Å². The Balaban J connectivity index is 2.24. The number of hydrogen-bond acceptors (Lipinski definition) is 7. The molecule has 0 radical (unpaired) electrons. The summed E-state index contributed by atoms with van der Waals surface area (Å²) in [6, 6.07) is 3.70. The van der Waals surface area contributed by atoms with Gasteiger partial charge in [0, 0.05) is 0 Å². The number of esters is 2. The molecule has 1 unspecified atom stereocenters. The number of amides is 2. The average Bonchev–Trinajstić information content (AvgIpc) is 2.64. The molecule has 1 aromatic rings. The molecule has 0 saturated carbocycles. The van der Waals surface area contributed by atoms with E-state index in [1.54, 1.807) is 26.0 Å². The van der Waals surface area contributed by atoms with Gasteiger partial charge >= 0.3 is 18.0 Å². The fourth-order valence-corrected chi connectivity index (χ4v) is 2.66. The molecule has 1 aromatic carbocycles. The second-order valence-electron chi connectivity index (χ2n) is 5.55. The minimum absolute atomic E-state index is 0.156. The van der Waals surface area contributed by atoms with E-state index in [-0.39, 0.29) is 35.8 Å². The molecule has 1 aliphatic heterocycles. The highest BCUT2D eigenvalue weighted by atomic mass is 16.5. The van der Waals surface area contributed by atoms with E-state index in [9.17, 15) is 14.4 Å². The molecular formula is C18H22N2O7. The molecule has 0 aromatic heterocycles. The molecule has 0 fully saturated rings. The quantitative estimate of drug-likeness (QED) is 0.689. The van der Waals surface area contributed by atoms with Crippen molar-refractivity contribution in [2.75, 3.05) is 27.4 Å². The maximum Gasteiger partial charge on any atom is 0.342 e. The molecule has 2 rings (SSSR count). The van der Waals surface area contributed by atoms with E-state index < -0.39 is 24.0 Å². The second kappa shape index (κ2) is 8.93. The van der Waals surface area contributed by atoms with Crippen molar-refractivity contribution in [1.29, 1.82) is 0 Å². The molecular weight excluding hydrogens is 356 g/mol. The van der Waals surface area contributed by atoms with Crippen molar-refractivity contribution in [2.45, 2.75) is 19.9 Å². The second-order valence-corrected chi connectivity index (χ2v) is 5.55. The molecule has 1 heterocycles. The lowest BCUT2D eigenvalue weighted by Gasteiger charge is -2.26. The van der Waals surface area contributed by atoms with E-state index in [1.807, 2.05) is 0 Å². The normalized spacial score (nSPS) is 16.1. The average molecular weight is 378 g/mol. The Labute approximate surface area is 156 Å². The zero-order valence-corrected chi connectivity index (χ0v) is 15.6. The van der Waals surface area contributed by atoms with Crippen molar-refractivity contribution in [3.8, 4) is 11.5 Å². The molecule has 9 heteroatoms. The van der Waals surface area contributed by atoms with Crippen molar-refractivity contribution < 1.29 is 33.3 Å². The minimum atomic E-state index is -0.693. The Bertz CT molecular complexity index is 773. The van der Waals surface area contributed by atoms with Crippen molar-refractivity contribution >= 4 is 18.0 Å². The predicted molar refractivity (Wildman–Crippen MR) is 94.6 cm³/mol. The van der Waals surface area contributed by atoms with Gasteiger partial charge in [-0.1, -0.05) is 6.07 Å². The summed E-state index contributed by atoms with van der Waals surface area (Å²) in [5.41, 5.74) is 0.519. The third kappa shape index (κ3) is 4.49. The third-order valence-electron chi connectivity index (χ3n) is 3.84. The SMILES string of the molecule is CCOC(=O)C1=C(COC(=O)c2cccc(OC)c2OC)NC(=O)NC1C. The number of benzene rings is 1. The van der Waals surface area contributed by atoms with Gasteiger partial charge in [-0.15, -0.1) is 0 Å². The molecule has 0 spiro atoms. The third-order valence-corrected chi connectivity index (χ3v) is 3.84. The lowest BCUT2D eigenvalue weighted by atomic mass is 10.0. The van der Waals surface area contributed by atoms with Gasteiger partial charge in [0.25, 0.3) is 0 Å². The summed E-state index contributed by atoms with van der Waals surface area (Å²) < 4.78 is 20.7. The first-order valence-electron chi connectivity index (χ1n) is 8.28. The zero-order chi connectivity index (χ0) is 20.0. The fourth-order valence-electron chi connectivity index (χ4n) is 2.66. The van der Waals surface area contributed by atoms with Crippen molar-refractivity contribution in [3.05, 3.63) is 35.0 Å². The van der Waals surface area contributed by atoms with Crippen LogP contribution in [-0.4, -0.2) is 51.4 Å². The van der Waals surface area contributed by atoms with Crippen LogP contribution in [0.4, 0.5) is 4.79 Å². The molecule has 9 nitrogen and oxygen atoms in total. The van der Waals surface area contributed by atoms with Crippen molar-refractivity contribution in [3.63, 3.8) is 0 Å². The standard InChI is InChI=1S/C18H22N2O7/c1-5-26-17(22)14-10(2)19-18(23)20-12(14)9-27-16(21)11-7-6-8-13(24-3)15(11)25-4/h6-8,10H,5,9H2,1-4H3,(H2,19,20,23). The van der Waals surface area contributed by atoms with Gasteiger partial charge in [0.1, 0.15) is 12.2 Å². The number of carbonyl (C=O) groups is 3. The summed E-state index contributed by atoms with van der Waals surface area (Å²) in [6.07, 6.45) is 0. The molecule has 1 aliphatic rings. The first-order valence-corrected chi connectivity index (χ1v) is 8.28. The number of methoxy groups -OCH3 is 2. The summed E-state index contributed by atoms with van der Waals surface area (Å²) in [4.78, 5) is 36.4. The smallest absolute Gasteiger partial charge is 0.342 e. The van der Waals surface area contributed by atoms with Crippen LogP contribution < -0.4 is 20.1 Å². The largest absolute Gasteiger partial charge is 0.493 e. The van der Waals surface area contributed by atoms with Crippen LogP contribution in [0.3, 0.4) is 0 Å². The number of ether oxygens (including phenoxy) is 4. The van der Waals surface area contributed by atoms with Gasteiger partial charge in [-0.3, -0.25) is 0 Å². The Morgan fingerprint density at radius 3 is 2.48 bits per heavy atom. The summed E-state index contributed by atoms with van der Waals surface area (Å²) >= 11 is 0. The van der Waals surface area contributed by atoms with Crippen LogP contribution in [0, 0.1) is 0 Å². The van der Waals surface area contributed by atoms with E-state index >= 15 is 0 Å². The number of para-hydroxylation sites is 1. The molecule has 1 atom stereocenters. The van der Waals surface area contributed by atoms with E-state index in [0.717, 1.165) is 0 Å². The Kier molecular flexibility index (Phi) is 6.64. The first kappa shape index (κ1) is 20.1. The van der Waals surface area contributed by atoms with E-state index in [1.165, 1.54) is 20.3 Å². The van der Waals surface area contributed by atoms with Gasteiger partial charge < -0.3 is 29.6 Å².